The summed E-state index contributed by atoms with van der Waals surface area (Å²) in [7, 11) is 0. The van der Waals surface area contributed by atoms with E-state index in [2.05, 4.69) is 72.0 Å². The first kappa shape index (κ1) is 15.0. The number of hydrogen-bond donors (Lipinski definition) is 1. The van der Waals surface area contributed by atoms with Crippen molar-refractivity contribution in [3.8, 4) is 0 Å². The van der Waals surface area contributed by atoms with Crippen molar-refractivity contribution in [2.24, 2.45) is 5.73 Å². The fourth-order valence-electron chi connectivity index (χ4n) is 3.49. The molecule has 1 aliphatic carbocycles. The molecule has 0 radical (unpaired) electrons. The Kier molecular flexibility index (Phi) is 4.65. The van der Waals surface area contributed by atoms with Crippen molar-refractivity contribution in [3.05, 3.63) is 68.3 Å². The minimum atomic E-state index is 0.132. The number of benzene rings is 2. The van der Waals surface area contributed by atoms with Crippen LogP contribution in [0.15, 0.2) is 42.5 Å². The van der Waals surface area contributed by atoms with Crippen molar-refractivity contribution in [3.63, 3.8) is 0 Å². The van der Waals surface area contributed by atoms with Gasteiger partial charge in [-0.2, -0.15) is 0 Å². The summed E-state index contributed by atoms with van der Waals surface area (Å²) in [6, 6.07) is 15.5. The van der Waals surface area contributed by atoms with Crippen LogP contribution in [0.5, 0.6) is 0 Å². The van der Waals surface area contributed by atoms with Crippen molar-refractivity contribution >= 4 is 22.6 Å². The number of nitrogens with two attached hydrogens (primary N) is 1. The third kappa shape index (κ3) is 3.16. The Morgan fingerprint density at radius 1 is 1.19 bits per heavy atom. The molecule has 2 N–H and O–H groups in total. The molecule has 1 nitrogen and oxygen atoms in total. The van der Waals surface area contributed by atoms with Crippen molar-refractivity contribution < 1.29 is 0 Å². The van der Waals surface area contributed by atoms with Crippen molar-refractivity contribution in [1.29, 1.82) is 0 Å². The predicted molar refractivity (Wildman–Crippen MR) is 97.6 cm³/mol. The van der Waals surface area contributed by atoms with Gasteiger partial charge in [0, 0.05) is 9.61 Å². The highest BCUT2D eigenvalue weighted by Gasteiger charge is 2.23. The monoisotopic (exact) mass is 391 g/mol. The molecule has 0 heterocycles. The second-order valence-corrected chi connectivity index (χ2v) is 7.19. The van der Waals surface area contributed by atoms with Crippen LogP contribution >= 0.6 is 22.6 Å². The molecule has 0 saturated carbocycles. The molecule has 2 unspecified atom stereocenters. The second kappa shape index (κ2) is 6.49. The maximum Gasteiger partial charge on any atom is 0.0311 e. The first-order chi connectivity index (χ1) is 10.2. The highest BCUT2D eigenvalue weighted by atomic mass is 127. The largest absolute Gasteiger partial charge is 0.324 e. The minimum absolute atomic E-state index is 0.132. The van der Waals surface area contributed by atoms with Crippen LogP contribution in [0.4, 0.5) is 0 Å². The lowest BCUT2D eigenvalue weighted by Gasteiger charge is -2.28. The summed E-state index contributed by atoms with van der Waals surface area (Å²) in [6.07, 6.45) is 4.84. The Labute approximate surface area is 141 Å². The van der Waals surface area contributed by atoms with Crippen LogP contribution < -0.4 is 5.73 Å². The highest BCUT2D eigenvalue weighted by Crippen LogP contribution is 2.37. The zero-order valence-corrected chi connectivity index (χ0v) is 14.6. The van der Waals surface area contributed by atoms with Crippen LogP contribution in [0.25, 0.3) is 0 Å². The Morgan fingerprint density at radius 2 is 2.00 bits per heavy atom. The lowest BCUT2D eigenvalue weighted by molar-refractivity contribution is 0.475. The van der Waals surface area contributed by atoms with E-state index in [1.807, 2.05) is 0 Å². The topological polar surface area (TPSA) is 26.0 Å². The molecule has 0 spiro atoms. The number of fused-ring (bicyclic) bond motifs is 1. The Balaban J connectivity index is 1.83. The smallest absolute Gasteiger partial charge is 0.0311 e. The molecule has 2 aromatic carbocycles. The molecule has 0 fully saturated rings. The van der Waals surface area contributed by atoms with Gasteiger partial charge in [-0.25, -0.2) is 0 Å². The maximum atomic E-state index is 6.55. The summed E-state index contributed by atoms with van der Waals surface area (Å²) in [6.45, 7) is 2.16. The molecule has 0 bridgehead atoms. The molecule has 1 aliphatic rings. The Morgan fingerprint density at radius 3 is 2.86 bits per heavy atom. The predicted octanol–water partition coefficient (Wildman–Crippen LogP) is 5.11. The molecule has 0 saturated heterocycles. The van der Waals surface area contributed by atoms with E-state index in [9.17, 15) is 0 Å². The molecule has 3 rings (SSSR count). The van der Waals surface area contributed by atoms with E-state index < -0.39 is 0 Å². The number of hydrogen-bond acceptors (Lipinski definition) is 1. The fourth-order valence-corrected chi connectivity index (χ4v) is 4.25. The molecule has 0 aromatic heterocycles. The molecule has 2 heteroatoms. The zero-order chi connectivity index (χ0) is 14.8. The summed E-state index contributed by atoms with van der Waals surface area (Å²) in [4.78, 5) is 0. The highest BCUT2D eigenvalue weighted by molar-refractivity contribution is 14.1. The summed E-state index contributed by atoms with van der Waals surface area (Å²) in [5.41, 5.74) is 12.2. The van der Waals surface area contributed by atoms with E-state index in [0.29, 0.717) is 5.92 Å². The molecule has 2 atom stereocenters. The van der Waals surface area contributed by atoms with Crippen molar-refractivity contribution in [2.45, 2.75) is 44.6 Å². The third-order valence-electron chi connectivity index (χ3n) is 4.65. The number of aryl methyl sites for hydroxylation is 2. The lowest BCUT2D eigenvalue weighted by atomic mass is 9.79. The quantitative estimate of drug-likeness (QED) is 0.723. The summed E-state index contributed by atoms with van der Waals surface area (Å²) >= 11 is 2.43. The lowest BCUT2D eigenvalue weighted by Crippen LogP contribution is -2.19. The SMILES string of the molecule is Cc1cccc(C(N)CC2CCCc3ccccc32)c1I. The first-order valence-corrected chi connectivity index (χ1v) is 8.83. The van der Waals surface area contributed by atoms with Crippen LogP contribution in [0.2, 0.25) is 0 Å². The van der Waals surface area contributed by atoms with Crippen LogP contribution in [0.1, 0.15) is 53.5 Å². The summed E-state index contributed by atoms with van der Waals surface area (Å²) in [5, 5.41) is 0. The van der Waals surface area contributed by atoms with Gasteiger partial charge in [-0.1, -0.05) is 42.5 Å². The van der Waals surface area contributed by atoms with Gasteiger partial charge >= 0.3 is 0 Å². The van der Waals surface area contributed by atoms with Gasteiger partial charge in [0.05, 0.1) is 0 Å². The molecule has 2 aromatic rings. The molecular weight excluding hydrogens is 369 g/mol. The van der Waals surface area contributed by atoms with Gasteiger partial charge in [0.1, 0.15) is 0 Å². The van der Waals surface area contributed by atoms with Gasteiger partial charge in [0.15, 0.2) is 0 Å². The Hall–Kier alpha value is -0.870. The standard InChI is InChI=1S/C19H22IN/c1-13-6-4-11-17(19(13)20)18(21)12-15-9-5-8-14-7-2-3-10-16(14)15/h2-4,6-7,10-11,15,18H,5,8-9,12,21H2,1H3. The molecular formula is C19H22IN. The van der Waals surface area contributed by atoms with Crippen molar-refractivity contribution in [2.75, 3.05) is 0 Å². The average Bonchev–Trinajstić information content (AvgIpc) is 2.50. The van der Waals surface area contributed by atoms with E-state index >= 15 is 0 Å². The zero-order valence-electron chi connectivity index (χ0n) is 12.5. The van der Waals surface area contributed by atoms with Gasteiger partial charge in [-0.15, -0.1) is 0 Å². The molecule has 0 amide bonds. The summed E-state index contributed by atoms with van der Waals surface area (Å²) in [5.74, 6) is 0.612. The van der Waals surface area contributed by atoms with Gasteiger partial charge in [-0.05, 0) is 83.4 Å². The fraction of sp³-hybridized carbons (Fsp3) is 0.368. The van der Waals surface area contributed by atoms with Crippen LogP contribution in [-0.2, 0) is 6.42 Å². The van der Waals surface area contributed by atoms with Gasteiger partial charge in [-0.3, -0.25) is 0 Å². The van der Waals surface area contributed by atoms with Gasteiger partial charge < -0.3 is 5.73 Å². The first-order valence-electron chi connectivity index (χ1n) is 7.75. The Bertz CT molecular complexity index is 635. The second-order valence-electron chi connectivity index (χ2n) is 6.11. The average molecular weight is 391 g/mol. The van der Waals surface area contributed by atoms with E-state index in [1.54, 1.807) is 0 Å². The van der Waals surface area contributed by atoms with Crippen LogP contribution in [0, 0.1) is 10.5 Å². The van der Waals surface area contributed by atoms with Crippen molar-refractivity contribution in [1.82, 2.24) is 0 Å². The van der Waals surface area contributed by atoms with Gasteiger partial charge in [0.2, 0.25) is 0 Å². The number of halogens is 1. The van der Waals surface area contributed by atoms with E-state index in [1.165, 1.54) is 45.1 Å². The van der Waals surface area contributed by atoms with Gasteiger partial charge in [0.25, 0.3) is 0 Å². The minimum Gasteiger partial charge on any atom is -0.324 e. The van der Waals surface area contributed by atoms with Crippen LogP contribution in [0.3, 0.4) is 0 Å². The number of rotatable bonds is 3. The third-order valence-corrected chi connectivity index (χ3v) is 6.13. The normalized spacial score (nSPS) is 19.1. The summed E-state index contributed by atoms with van der Waals surface area (Å²) < 4.78 is 1.33. The van der Waals surface area contributed by atoms with E-state index in [-0.39, 0.29) is 6.04 Å². The van der Waals surface area contributed by atoms with E-state index in [0.717, 1.165) is 6.42 Å². The van der Waals surface area contributed by atoms with Crippen LogP contribution in [-0.4, -0.2) is 0 Å². The molecule has 21 heavy (non-hydrogen) atoms. The molecule has 0 aliphatic heterocycles. The van der Waals surface area contributed by atoms with E-state index in [4.69, 9.17) is 5.73 Å². The molecule has 110 valence electrons. The maximum absolute atomic E-state index is 6.55.